The number of aryl methyl sites for hydroxylation is 1. The van der Waals surface area contributed by atoms with Crippen molar-refractivity contribution < 1.29 is 14.7 Å². The van der Waals surface area contributed by atoms with Gasteiger partial charge >= 0.3 is 5.97 Å². The molecule has 8 heteroatoms. The van der Waals surface area contributed by atoms with Gasteiger partial charge in [-0.15, -0.1) is 16.4 Å². The molecule has 2 aromatic heterocycles. The molecular formula is C13H14N4O3S. The summed E-state index contributed by atoms with van der Waals surface area (Å²) in [5, 5.41) is 18.5. The van der Waals surface area contributed by atoms with E-state index in [9.17, 15) is 9.59 Å². The minimum absolute atomic E-state index is 0.000566. The third kappa shape index (κ3) is 2.94. The average Bonchev–Trinajstić information content (AvgIpc) is 3.04. The van der Waals surface area contributed by atoms with Crippen LogP contribution in [0.15, 0.2) is 17.6 Å². The van der Waals surface area contributed by atoms with E-state index < -0.39 is 5.97 Å². The second-order valence-electron chi connectivity index (χ2n) is 4.92. The summed E-state index contributed by atoms with van der Waals surface area (Å²) < 4.78 is 1.82. The van der Waals surface area contributed by atoms with Gasteiger partial charge in [0.2, 0.25) is 5.91 Å². The number of aromatic carboxylic acids is 1. The maximum Gasteiger partial charge on any atom is 0.345 e. The molecule has 7 nitrogen and oxygen atoms in total. The molecule has 1 aliphatic heterocycles. The number of thiophene rings is 1. The summed E-state index contributed by atoms with van der Waals surface area (Å²) in [6.07, 6.45) is 2.75. The minimum Gasteiger partial charge on any atom is -0.477 e. The van der Waals surface area contributed by atoms with Crippen LogP contribution in [0, 0.1) is 0 Å². The summed E-state index contributed by atoms with van der Waals surface area (Å²) >= 11 is 1.15. The number of hydrogen-bond acceptors (Lipinski definition) is 5. The summed E-state index contributed by atoms with van der Waals surface area (Å²) in [6, 6.07) is 1.56. The topological polar surface area (TPSA) is 88.3 Å². The Hall–Kier alpha value is -2.22. The van der Waals surface area contributed by atoms with E-state index in [-0.39, 0.29) is 17.2 Å². The van der Waals surface area contributed by atoms with Crippen molar-refractivity contribution in [1.29, 1.82) is 0 Å². The molecule has 1 aliphatic rings. The largest absolute Gasteiger partial charge is 0.477 e. The average molecular weight is 306 g/mol. The van der Waals surface area contributed by atoms with Crippen molar-refractivity contribution in [2.75, 3.05) is 6.54 Å². The molecule has 0 spiro atoms. The lowest BCUT2D eigenvalue weighted by molar-refractivity contribution is -0.131. The molecule has 0 saturated heterocycles. The van der Waals surface area contributed by atoms with Gasteiger partial charge in [0, 0.05) is 13.1 Å². The predicted octanol–water partition coefficient (Wildman–Crippen LogP) is 1.01. The van der Waals surface area contributed by atoms with Gasteiger partial charge in [-0.3, -0.25) is 4.79 Å². The second kappa shape index (κ2) is 5.65. The van der Waals surface area contributed by atoms with Crippen LogP contribution < -0.4 is 0 Å². The number of fused-ring (bicyclic) bond motifs is 1. The molecule has 1 amide bonds. The van der Waals surface area contributed by atoms with E-state index in [1.165, 1.54) is 0 Å². The fourth-order valence-electron chi connectivity index (χ4n) is 2.36. The molecular weight excluding hydrogens is 292 g/mol. The molecule has 0 atom stereocenters. The Morgan fingerprint density at radius 1 is 1.38 bits per heavy atom. The van der Waals surface area contributed by atoms with E-state index >= 15 is 0 Å². The van der Waals surface area contributed by atoms with Crippen molar-refractivity contribution in [2.24, 2.45) is 0 Å². The second-order valence-corrected chi connectivity index (χ2v) is 5.83. The van der Waals surface area contributed by atoms with Gasteiger partial charge in [0.05, 0.1) is 24.9 Å². The minimum atomic E-state index is -0.955. The molecule has 0 aliphatic carbocycles. The number of nitrogens with zero attached hydrogens (tertiary/aromatic N) is 4. The number of rotatable bonds is 3. The monoisotopic (exact) mass is 306 g/mol. The van der Waals surface area contributed by atoms with Crippen LogP contribution in [0.1, 0.15) is 27.3 Å². The van der Waals surface area contributed by atoms with E-state index in [1.807, 2.05) is 4.68 Å². The highest BCUT2D eigenvalue weighted by Crippen LogP contribution is 2.17. The molecule has 0 saturated carbocycles. The van der Waals surface area contributed by atoms with Gasteiger partial charge in [-0.2, -0.15) is 0 Å². The van der Waals surface area contributed by atoms with Crippen LogP contribution in [0.2, 0.25) is 0 Å². The van der Waals surface area contributed by atoms with E-state index in [1.54, 1.807) is 22.5 Å². The van der Waals surface area contributed by atoms with Crippen LogP contribution in [-0.4, -0.2) is 43.4 Å². The lowest BCUT2D eigenvalue weighted by Gasteiger charge is -2.19. The molecule has 21 heavy (non-hydrogen) atoms. The Bertz CT molecular complexity index is 679. The number of aromatic nitrogens is 3. The first-order valence-corrected chi connectivity index (χ1v) is 7.47. The quantitative estimate of drug-likeness (QED) is 0.914. The zero-order valence-corrected chi connectivity index (χ0v) is 12.0. The van der Waals surface area contributed by atoms with Gasteiger partial charge in [0.15, 0.2) is 0 Å². The van der Waals surface area contributed by atoms with Gasteiger partial charge < -0.3 is 10.0 Å². The van der Waals surface area contributed by atoms with Crippen molar-refractivity contribution in [2.45, 2.75) is 25.9 Å². The van der Waals surface area contributed by atoms with Crippen LogP contribution in [0.5, 0.6) is 0 Å². The number of amides is 1. The van der Waals surface area contributed by atoms with E-state index in [4.69, 9.17) is 5.11 Å². The number of carbonyl (C=O) groups is 2. The number of carbonyl (C=O) groups excluding carboxylic acids is 1. The Balaban J connectivity index is 1.68. The van der Waals surface area contributed by atoms with Crippen LogP contribution in [0.3, 0.4) is 0 Å². The zero-order valence-electron chi connectivity index (χ0n) is 11.2. The van der Waals surface area contributed by atoms with E-state index in [2.05, 4.69) is 10.3 Å². The van der Waals surface area contributed by atoms with Gasteiger partial charge in [-0.1, -0.05) is 5.21 Å². The molecule has 3 heterocycles. The number of hydrogen-bond donors (Lipinski definition) is 1. The highest BCUT2D eigenvalue weighted by Gasteiger charge is 2.20. The molecule has 0 unspecified atom stereocenters. The first-order chi connectivity index (χ1) is 10.1. The normalized spacial score (nSPS) is 14.6. The number of carboxylic acids is 1. The Kier molecular flexibility index (Phi) is 3.70. The van der Waals surface area contributed by atoms with Crippen LogP contribution >= 0.6 is 11.3 Å². The van der Waals surface area contributed by atoms with Gasteiger partial charge in [-0.05, 0) is 23.4 Å². The molecule has 0 aromatic carbocycles. The Labute approximate surface area is 124 Å². The van der Waals surface area contributed by atoms with Gasteiger partial charge in [0.1, 0.15) is 4.88 Å². The fourth-order valence-corrected chi connectivity index (χ4v) is 3.11. The van der Waals surface area contributed by atoms with Crippen molar-refractivity contribution in [1.82, 2.24) is 19.9 Å². The lowest BCUT2D eigenvalue weighted by Crippen LogP contribution is -2.31. The maximum atomic E-state index is 12.4. The van der Waals surface area contributed by atoms with Crippen molar-refractivity contribution >= 4 is 23.2 Å². The molecule has 3 rings (SSSR count). The summed E-state index contributed by atoms with van der Waals surface area (Å²) in [7, 11) is 0. The first-order valence-electron chi connectivity index (χ1n) is 6.59. The van der Waals surface area contributed by atoms with Crippen molar-refractivity contribution in [3.05, 3.63) is 33.8 Å². The Morgan fingerprint density at radius 2 is 2.24 bits per heavy atom. The van der Waals surface area contributed by atoms with Crippen molar-refractivity contribution in [3.63, 3.8) is 0 Å². The van der Waals surface area contributed by atoms with Crippen LogP contribution in [0.4, 0.5) is 0 Å². The highest BCUT2D eigenvalue weighted by molar-refractivity contribution is 7.12. The fraction of sp³-hybridized carbons (Fsp3) is 0.385. The highest BCUT2D eigenvalue weighted by atomic mass is 32.1. The zero-order chi connectivity index (χ0) is 14.8. The smallest absolute Gasteiger partial charge is 0.345 e. The molecule has 2 aromatic rings. The maximum absolute atomic E-state index is 12.4. The van der Waals surface area contributed by atoms with Crippen molar-refractivity contribution in [3.8, 4) is 0 Å². The first kappa shape index (κ1) is 13.7. The van der Waals surface area contributed by atoms with Crippen LogP contribution in [0.25, 0.3) is 0 Å². The Morgan fingerprint density at radius 3 is 3.00 bits per heavy atom. The third-order valence-electron chi connectivity index (χ3n) is 3.42. The SMILES string of the molecule is O=C(O)c1cc(CC(=O)N2CCCn3nncc3C2)cs1. The molecule has 110 valence electrons. The summed E-state index contributed by atoms with van der Waals surface area (Å²) in [5.41, 5.74) is 1.68. The molecule has 1 N–H and O–H groups in total. The molecule has 0 bridgehead atoms. The summed E-state index contributed by atoms with van der Waals surface area (Å²) in [6.45, 7) is 1.95. The summed E-state index contributed by atoms with van der Waals surface area (Å²) in [4.78, 5) is 25.3. The summed E-state index contributed by atoms with van der Waals surface area (Å²) in [5.74, 6) is -0.956. The predicted molar refractivity (Wildman–Crippen MR) is 75.0 cm³/mol. The van der Waals surface area contributed by atoms with Crippen LogP contribution in [-0.2, 0) is 24.3 Å². The standard InChI is InChI=1S/C13H14N4O3S/c18-12(5-9-4-11(13(19)20)21-8-9)16-2-1-3-17-10(7-16)6-14-15-17/h4,6,8H,1-3,5,7H2,(H,19,20). The lowest BCUT2D eigenvalue weighted by atomic mass is 10.2. The molecule has 0 radical (unpaired) electrons. The van der Waals surface area contributed by atoms with E-state index in [0.717, 1.165) is 35.6 Å². The number of carboxylic acid groups (broad SMARTS) is 1. The van der Waals surface area contributed by atoms with E-state index in [0.29, 0.717) is 13.1 Å². The van der Waals surface area contributed by atoms with Gasteiger partial charge in [0.25, 0.3) is 0 Å². The third-order valence-corrected chi connectivity index (χ3v) is 4.39. The molecule has 0 fully saturated rings. The van der Waals surface area contributed by atoms with Gasteiger partial charge in [-0.25, -0.2) is 9.48 Å².